The summed E-state index contributed by atoms with van der Waals surface area (Å²) in [7, 11) is 3.89. The molecular weight excluding hydrogens is 306 g/mol. The molecule has 3 rings (SSSR count). The highest BCUT2D eigenvalue weighted by molar-refractivity contribution is 5.95. The summed E-state index contributed by atoms with van der Waals surface area (Å²) in [5.41, 5.74) is 2.45. The maximum atomic E-state index is 12.7. The molecule has 1 aromatic carbocycles. The Balaban J connectivity index is 1.69. The van der Waals surface area contributed by atoms with Gasteiger partial charge in [0.25, 0.3) is 5.91 Å². The molecule has 2 atom stereocenters. The molecule has 1 aromatic heterocycles. The van der Waals surface area contributed by atoms with E-state index in [4.69, 9.17) is 4.52 Å². The van der Waals surface area contributed by atoms with Crippen molar-refractivity contribution in [3.8, 4) is 0 Å². The number of hydrogen-bond acceptors (Lipinski definition) is 5. The molecule has 1 amide bonds. The van der Waals surface area contributed by atoms with Gasteiger partial charge >= 0.3 is 0 Å². The fraction of sp³-hybridized carbons (Fsp3) is 0.444. The van der Waals surface area contributed by atoms with Crippen LogP contribution in [0.25, 0.3) is 0 Å². The van der Waals surface area contributed by atoms with E-state index in [0.29, 0.717) is 25.1 Å². The second-order valence-corrected chi connectivity index (χ2v) is 6.62. The third-order valence-corrected chi connectivity index (χ3v) is 4.44. The van der Waals surface area contributed by atoms with Gasteiger partial charge in [-0.1, -0.05) is 11.2 Å². The standard InChI is InChI=1S/C18H23N3O3/c1-12-7-16(24-19-12)9-14-10-21(11-17(14)22)18(23)13-5-4-6-15(8-13)20(2)3/h4-8,14,17,22H,9-11H2,1-3H3/t14-,17+/m1/s1. The number of likely N-dealkylation sites (tertiary alicyclic amines) is 1. The molecule has 1 fully saturated rings. The van der Waals surface area contributed by atoms with E-state index in [1.54, 1.807) is 4.90 Å². The fourth-order valence-corrected chi connectivity index (χ4v) is 3.09. The zero-order valence-electron chi connectivity index (χ0n) is 14.3. The second kappa shape index (κ2) is 6.65. The number of benzene rings is 1. The maximum Gasteiger partial charge on any atom is 0.254 e. The molecule has 6 heteroatoms. The van der Waals surface area contributed by atoms with Gasteiger partial charge in [0.2, 0.25) is 0 Å². The van der Waals surface area contributed by atoms with Gasteiger partial charge in [0.05, 0.1) is 11.8 Å². The van der Waals surface area contributed by atoms with Crippen LogP contribution in [0, 0.1) is 12.8 Å². The molecule has 1 saturated heterocycles. The van der Waals surface area contributed by atoms with Gasteiger partial charge < -0.3 is 19.4 Å². The molecule has 2 aromatic rings. The van der Waals surface area contributed by atoms with Crippen molar-refractivity contribution in [2.24, 2.45) is 5.92 Å². The summed E-state index contributed by atoms with van der Waals surface area (Å²) in [6, 6.07) is 9.41. The second-order valence-electron chi connectivity index (χ2n) is 6.62. The summed E-state index contributed by atoms with van der Waals surface area (Å²) in [5.74, 6) is 0.674. The van der Waals surface area contributed by atoms with Gasteiger partial charge in [0, 0.05) is 56.8 Å². The van der Waals surface area contributed by atoms with E-state index in [0.717, 1.165) is 17.1 Å². The molecule has 128 valence electrons. The summed E-state index contributed by atoms with van der Waals surface area (Å²) >= 11 is 0. The van der Waals surface area contributed by atoms with Crippen LogP contribution in [0.5, 0.6) is 0 Å². The Labute approximate surface area is 141 Å². The largest absolute Gasteiger partial charge is 0.391 e. The minimum absolute atomic E-state index is 0.0293. The molecule has 0 saturated carbocycles. The van der Waals surface area contributed by atoms with Gasteiger partial charge in [0.1, 0.15) is 5.76 Å². The number of carbonyl (C=O) groups is 1. The number of amides is 1. The Kier molecular flexibility index (Phi) is 4.57. The molecule has 0 bridgehead atoms. The number of nitrogens with zero attached hydrogens (tertiary/aromatic N) is 3. The topological polar surface area (TPSA) is 69.8 Å². The Bertz CT molecular complexity index is 726. The number of hydrogen-bond donors (Lipinski definition) is 1. The van der Waals surface area contributed by atoms with Crippen LogP contribution >= 0.6 is 0 Å². The lowest BCUT2D eigenvalue weighted by Gasteiger charge is -2.18. The zero-order chi connectivity index (χ0) is 17.3. The van der Waals surface area contributed by atoms with Crippen LogP contribution in [0.2, 0.25) is 0 Å². The highest BCUT2D eigenvalue weighted by atomic mass is 16.5. The van der Waals surface area contributed by atoms with Crippen molar-refractivity contribution in [3.63, 3.8) is 0 Å². The monoisotopic (exact) mass is 329 g/mol. The molecule has 1 N–H and O–H groups in total. The molecule has 1 aliphatic heterocycles. The minimum atomic E-state index is -0.545. The van der Waals surface area contributed by atoms with Crippen molar-refractivity contribution in [1.82, 2.24) is 10.1 Å². The third-order valence-electron chi connectivity index (χ3n) is 4.44. The Morgan fingerprint density at radius 2 is 2.17 bits per heavy atom. The summed E-state index contributed by atoms with van der Waals surface area (Å²) < 4.78 is 5.23. The van der Waals surface area contributed by atoms with E-state index in [9.17, 15) is 9.90 Å². The van der Waals surface area contributed by atoms with E-state index in [1.165, 1.54) is 0 Å². The first-order chi connectivity index (χ1) is 11.4. The van der Waals surface area contributed by atoms with Crippen molar-refractivity contribution in [1.29, 1.82) is 0 Å². The van der Waals surface area contributed by atoms with Crippen LogP contribution in [0.1, 0.15) is 21.8 Å². The van der Waals surface area contributed by atoms with Gasteiger partial charge in [-0.05, 0) is 25.1 Å². The Morgan fingerprint density at radius 1 is 1.38 bits per heavy atom. The number of aliphatic hydroxyl groups is 1. The minimum Gasteiger partial charge on any atom is -0.391 e. The fourth-order valence-electron chi connectivity index (χ4n) is 3.09. The van der Waals surface area contributed by atoms with Gasteiger partial charge in [-0.2, -0.15) is 0 Å². The average Bonchev–Trinajstić information content (AvgIpc) is 3.13. The summed E-state index contributed by atoms with van der Waals surface area (Å²) in [6.45, 7) is 2.74. The molecule has 0 aliphatic carbocycles. The summed E-state index contributed by atoms with van der Waals surface area (Å²) in [6.07, 6.45) is 0.0418. The lowest BCUT2D eigenvalue weighted by molar-refractivity contribution is 0.0764. The van der Waals surface area contributed by atoms with Crippen molar-refractivity contribution in [2.75, 3.05) is 32.1 Å². The van der Waals surface area contributed by atoms with E-state index in [1.807, 2.05) is 56.3 Å². The molecule has 2 heterocycles. The maximum absolute atomic E-state index is 12.7. The molecule has 1 aliphatic rings. The third kappa shape index (κ3) is 3.43. The summed E-state index contributed by atoms with van der Waals surface area (Å²) in [5, 5.41) is 14.2. The molecule has 6 nitrogen and oxygen atoms in total. The van der Waals surface area contributed by atoms with Crippen LogP contribution in [0.15, 0.2) is 34.9 Å². The van der Waals surface area contributed by atoms with Crippen LogP contribution in [0.3, 0.4) is 0 Å². The Morgan fingerprint density at radius 3 is 2.83 bits per heavy atom. The number of carbonyl (C=O) groups excluding carboxylic acids is 1. The van der Waals surface area contributed by atoms with E-state index >= 15 is 0 Å². The highest BCUT2D eigenvalue weighted by Crippen LogP contribution is 2.24. The lowest BCUT2D eigenvalue weighted by atomic mass is 10.0. The van der Waals surface area contributed by atoms with Crippen LogP contribution in [-0.4, -0.2) is 54.4 Å². The van der Waals surface area contributed by atoms with Crippen molar-refractivity contribution < 1.29 is 14.4 Å². The van der Waals surface area contributed by atoms with Crippen molar-refractivity contribution in [2.45, 2.75) is 19.4 Å². The predicted molar refractivity (Wildman–Crippen MR) is 91.1 cm³/mol. The highest BCUT2D eigenvalue weighted by Gasteiger charge is 2.35. The van der Waals surface area contributed by atoms with Crippen LogP contribution in [-0.2, 0) is 6.42 Å². The predicted octanol–water partition coefficient (Wildman–Crippen LogP) is 1.72. The zero-order valence-corrected chi connectivity index (χ0v) is 14.3. The normalized spacial score (nSPS) is 20.4. The van der Waals surface area contributed by atoms with Crippen molar-refractivity contribution >= 4 is 11.6 Å². The first kappa shape index (κ1) is 16.5. The van der Waals surface area contributed by atoms with Crippen LogP contribution in [0.4, 0.5) is 5.69 Å². The first-order valence-electron chi connectivity index (χ1n) is 8.11. The number of aliphatic hydroxyl groups excluding tert-OH is 1. The van der Waals surface area contributed by atoms with Gasteiger partial charge in [-0.25, -0.2) is 0 Å². The Hall–Kier alpha value is -2.34. The quantitative estimate of drug-likeness (QED) is 0.925. The van der Waals surface area contributed by atoms with Crippen molar-refractivity contribution in [3.05, 3.63) is 47.3 Å². The number of β-amino-alcohol motifs (C(OH)–C–C–N with tert-alkyl or cyclic N) is 1. The van der Waals surface area contributed by atoms with E-state index in [2.05, 4.69) is 5.16 Å². The smallest absolute Gasteiger partial charge is 0.254 e. The molecule has 24 heavy (non-hydrogen) atoms. The van der Waals surface area contributed by atoms with Gasteiger partial charge in [-0.15, -0.1) is 0 Å². The lowest BCUT2D eigenvalue weighted by Crippen LogP contribution is -2.29. The molecular formula is C18H23N3O3. The number of aromatic nitrogens is 1. The van der Waals surface area contributed by atoms with E-state index in [-0.39, 0.29) is 11.8 Å². The first-order valence-corrected chi connectivity index (χ1v) is 8.11. The SMILES string of the molecule is Cc1cc(C[C@@H]2CN(C(=O)c3cccc(N(C)C)c3)C[C@@H]2O)on1. The van der Waals surface area contributed by atoms with E-state index < -0.39 is 6.10 Å². The van der Waals surface area contributed by atoms with Gasteiger partial charge in [-0.3, -0.25) is 4.79 Å². The molecule has 0 unspecified atom stereocenters. The number of rotatable bonds is 4. The average molecular weight is 329 g/mol. The molecule has 0 radical (unpaired) electrons. The van der Waals surface area contributed by atoms with Gasteiger partial charge in [0.15, 0.2) is 0 Å². The summed E-state index contributed by atoms with van der Waals surface area (Å²) in [4.78, 5) is 16.4. The van der Waals surface area contributed by atoms with Crippen LogP contribution < -0.4 is 4.90 Å². The number of aryl methyl sites for hydroxylation is 1. The molecule has 0 spiro atoms. The number of anilines is 1.